The molecular formula is C12H16N2O3. The topological polar surface area (TPSA) is 82.3 Å². The molecule has 1 heterocycles. The summed E-state index contributed by atoms with van der Waals surface area (Å²) in [6.07, 6.45) is 0. The first-order chi connectivity index (χ1) is 7.70. The molecule has 0 aliphatic rings. The van der Waals surface area contributed by atoms with Crippen molar-refractivity contribution in [3.63, 3.8) is 0 Å². The number of hydrogen-bond donors (Lipinski definition) is 1. The summed E-state index contributed by atoms with van der Waals surface area (Å²) in [5, 5.41) is 0. The lowest BCUT2D eigenvalue weighted by molar-refractivity contribution is 0.00619. The quantitative estimate of drug-likeness (QED) is 0.788. The van der Waals surface area contributed by atoms with Crippen molar-refractivity contribution in [2.24, 2.45) is 5.73 Å². The Hall–Kier alpha value is -1.91. The molecule has 5 heteroatoms. The van der Waals surface area contributed by atoms with Gasteiger partial charge in [0.15, 0.2) is 5.69 Å². The maximum atomic E-state index is 11.8. The van der Waals surface area contributed by atoms with Crippen LogP contribution in [0.5, 0.6) is 0 Å². The molecule has 0 aliphatic carbocycles. The maximum Gasteiger partial charge on any atom is 0.357 e. The Balaban J connectivity index is 3.08. The fourth-order valence-corrected chi connectivity index (χ4v) is 1.20. The monoisotopic (exact) mass is 236 g/mol. The van der Waals surface area contributed by atoms with Gasteiger partial charge in [-0.05, 0) is 39.3 Å². The van der Waals surface area contributed by atoms with Crippen molar-refractivity contribution in [1.29, 1.82) is 0 Å². The molecule has 2 N–H and O–H groups in total. The summed E-state index contributed by atoms with van der Waals surface area (Å²) >= 11 is 0. The van der Waals surface area contributed by atoms with E-state index < -0.39 is 17.5 Å². The minimum Gasteiger partial charge on any atom is -0.455 e. The van der Waals surface area contributed by atoms with Gasteiger partial charge in [0, 0.05) is 0 Å². The van der Waals surface area contributed by atoms with E-state index >= 15 is 0 Å². The smallest absolute Gasteiger partial charge is 0.357 e. The summed E-state index contributed by atoms with van der Waals surface area (Å²) in [6.45, 7) is 7.01. The fourth-order valence-electron chi connectivity index (χ4n) is 1.20. The second-order valence-electron chi connectivity index (χ2n) is 4.73. The van der Waals surface area contributed by atoms with Crippen LogP contribution in [0.15, 0.2) is 12.1 Å². The fraction of sp³-hybridized carbons (Fsp3) is 0.417. The Labute approximate surface area is 100.0 Å². The van der Waals surface area contributed by atoms with E-state index in [2.05, 4.69) is 4.98 Å². The van der Waals surface area contributed by atoms with Gasteiger partial charge in [0.1, 0.15) is 11.3 Å². The lowest BCUT2D eigenvalue weighted by Gasteiger charge is -2.19. The Morgan fingerprint density at radius 2 is 1.88 bits per heavy atom. The Bertz CT molecular complexity index is 461. The standard InChI is InChI=1S/C12H16N2O3/c1-7-5-6-8(10(13)15)14-9(7)11(16)17-12(2,3)4/h5-6H,1-4H3,(H2,13,15). The number of amides is 1. The van der Waals surface area contributed by atoms with Crippen LogP contribution < -0.4 is 5.73 Å². The minimum atomic E-state index is -0.671. The molecule has 1 rings (SSSR count). The van der Waals surface area contributed by atoms with Crippen LogP contribution in [-0.4, -0.2) is 22.5 Å². The molecule has 1 aromatic rings. The number of ether oxygens (including phenoxy) is 1. The van der Waals surface area contributed by atoms with Crippen molar-refractivity contribution in [3.8, 4) is 0 Å². The van der Waals surface area contributed by atoms with Gasteiger partial charge in [0.25, 0.3) is 5.91 Å². The summed E-state index contributed by atoms with van der Waals surface area (Å²) in [7, 11) is 0. The van der Waals surface area contributed by atoms with E-state index in [1.807, 2.05) is 0 Å². The molecule has 0 saturated heterocycles. The highest BCUT2D eigenvalue weighted by atomic mass is 16.6. The molecule has 0 spiro atoms. The summed E-state index contributed by atoms with van der Waals surface area (Å²) in [6, 6.07) is 3.10. The van der Waals surface area contributed by atoms with Gasteiger partial charge in [-0.3, -0.25) is 4.79 Å². The molecule has 0 bridgehead atoms. The molecule has 0 saturated carbocycles. The predicted molar refractivity (Wildman–Crippen MR) is 62.7 cm³/mol. The number of rotatable bonds is 2. The van der Waals surface area contributed by atoms with Gasteiger partial charge in [0.05, 0.1) is 0 Å². The van der Waals surface area contributed by atoms with E-state index in [0.717, 1.165) is 0 Å². The molecule has 0 unspecified atom stereocenters. The van der Waals surface area contributed by atoms with Crippen LogP contribution in [0.2, 0.25) is 0 Å². The third kappa shape index (κ3) is 3.55. The second-order valence-corrected chi connectivity index (χ2v) is 4.73. The molecule has 17 heavy (non-hydrogen) atoms. The Morgan fingerprint density at radius 1 is 1.29 bits per heavy atom. The molecule has 92 valence electrons. The lowest BCUT2D eigenvalue weighted by atomic mass is 10.1. The van der Waals surface area contributed by atoms with Crippen LogP contribution in [0.1, 0.15) is 47.3 Å². The highest BCUT2D eigenvalue weighted by molar-refractivity contribution is 5.94. The van der Waals surface area contributed by atoms with Crippen molar-refractivity contribution >= 4 is 11.9 Å². The van der Waals surface area contributed by atoms with Gasteiger partial charge in [0.2, 0.25) is 0 Å². The number of carbonyl (C=O) groups is 2. The summed E-state index contributed by atoms with van der Waals surface area (Å²) in [4.78, 5) is 26.7. The summed E-state index contributed by atoms with van der Waals surface area (Å²) in [5.41, 5.74) is 5.32. The predicted octanol–water partition coefficient (Wildman–Crippen LogP) is 1.44. The Morgan fingerprint density at radius 3 is 2.35 bits per heavy atom. The van der Waals surface area contributed by atoms with E-state index in [9.17, 15) is 9.59 Å². The van der Waals surface area contributed by atoms with Gasteiger partial charge in [-0.25, -0.2) is 9.78 Å². The molecule has 0 fully saturated rings. The molecule has 1 amide bonds. The minimum absolute atomic E-state index is 0.0523. The molecule has 5 nitrogen and oxygen atoms in total. The van der Waals surface area contributed by atoms with Gasteiger partial charge < -0.3 is 10.5 Å². The molecule has 0 aromatic carbocycles. The molecule has 0 radical (unpaired) electrons. The van der Waals surface area contributed by atoms with Crippen molar-refractivity contribution in [2.75, 3.05) is 0 Å². The van der Waals surface area contributed by atoms with Crippen LogP contribution in [-0.2, 0) is 4.74 Å². The number of esters is 1. The lowest BCUT2D eigenvalue weighted by Crippen LogP contribution is -2.26. The number of aromatic nitrogens is 1. The number of nitrogens with two attached hydrogens (primary N) is 1. The highest BCUT2D eigenvalue weighted by Gasteiger charge is 2.21. The first kappa shape index (κ1) is 13.2. The molecule has 0 aliphatic heterocycles. The zero-order chi connectivity index (χ0) is 13.2. The summed E-state index contributed by atoms with van der Waals surface area (Å²) in [5.74, 6) is -1.23. The third-order valence-electron chi connectivity index (χ3n) is 1.94. The van der Waals surface area contributed by atoms with E-state index in [0.29, 0.717) is 5.56 Å². The highest BCUT2D eigenvalue weighted by Crippen LogP contribution is 2.14. The van der Waals surface area contributed by atoms with Crippen LogP contribution >= 0.6 is 0 Å². The van der Waals surface area contributed by atoms with E-state index in [-0.39, 0.29) is 11.4 Å². The van der Waals surface area contributed by atoms with Crippen LogP contribution in [0.25, 0.3) is 0 Å². The van der Waals surface area contributed by atoms with E-state index in [1.165, 1.54) is 6.07 Å². The third-order valence-corrected chi connectivity index (χ3v) is 1.94. The molecule has 0 atom stereocenters. The number of hydrogen-bond acceptors (Lipinski definition) is 4. The van der Waals surface area contributed by atoms with E-state index in [4.69, 9.17) is 10.5 Å². The molecular weight excluding hydrogens is 220 g/mol. The van der Waals surface area contributed by atoms with Gasteiger partial charge in [-0.15, -0.1) is 0 Å². The Kier molecular flexibility index (Phi) is 3.50. The average Bonchev–Trinajstić information content (AvgIpc) is 2.14. The number of pyridine rings is 1. The van der Waals surface area contributed by atoms with Crippen molar-refractivity contribution < 1.29 is 14.3 Å². The van der Waals surface area contributed by atoms with Gasteiger partial charge >= 0.3 is 5.97 Å². The van der Waals surface area contributed by atoms with Crippen LogP contribution in [0.4, 0.5) is 0 Å². The number of aryl methyl sites for hydroxylation is 1. The number of nitrogens with zero attached hydrogens (tertiary/aromatic N) is 1. The average molecular weight is 236 g/mol. The van der Waals surface area contributed by atoms with Gasteiger partial charge in [-0.1, -0.05) is 6.07 Å². The van der Waals surface area contributed by atoms with Crippen molar-refractivity contribution in [1.82, 2.24) is 4.98 Å². The van der Waals surface area contributed by atoms with Crippen LogP contribution in [0, 0.1) is 6.92 Å². The van der Waals surface area contributed by atoms with Crippen molar-refractivity contribution in [2.45, 2.75) is 33.3 Å². The SMILES string of the molecule is Cc1ccc(C(N)=O)nc1C(=O)OC(C)(C)C. The first-order valence-electron chi connectivity index (χ1n) is 5.21. The molecule has 1 aromatic heterocycles. The normalized spacial score (nSPS) is 11.1. The number of carbonyl (C=O) groups excluding carboxylic acids is 2. The van der Waals surface area contributed by atoms with Gasteiger partial charge in [-0.2, -0.15) is 0 Å². The first-order valence-corrected chi connectivity index (χ1v) is 5.21. The van der Waals surface area contributed by atoms with Crippen molar-refractivity contribution in [3.05, 3.63) is 29.1 Å². The van der Waals surface area contributed by atoms with E-state index in [1.54, 1.807) is 33.8 Å². The largest absolute Gasteiger partial charge is 0.455 e. The number of primary amides is 1. The summed E-state index contributed by atoms with van der Waals surface area (Å²) < 4.78 is 5.19. The zero-order valence-corrected chi connectivity index (χ0v) is 10.4. The van der Waals surface area contributed by atoms with Crippen LogP contribution in [0.3, 0.4) is 0 Å². The second kappa shape index (κ2) is 4.53. The zero-order valence-electron chi connectivity index (χ0n) is 10.4. The maximum absolute atomic E-state index is 11.8.